The van der Waals surface area contributed by atoms with E-state index < -0.39 is 11.9 Å². The molecule has 0 bridgehead atoms. The molecule has 4 rings (SSSR count). The number of rotatable bonds is 7. The second-order valence-electron chi connectivity index (χ2n) is 7.27. The van der Waals surface area contributed by atoms with Crippen LogP contribution >= 0.6 is 0 Å². The number of benzene rings is 1. The van der Waals surface area contributed by atoms with Crippen LogP contribution in [0.4, 0.5) is 18.9 Å². The van der Waals surface area contributed by atoms with Gasteiger partial charge in [-0.3, -0.25) is 9.78 Å². The molecule has 7 nitrogen and oxygen atoms in total. The van der Waals surface area contributed by atoms with Gasteiger partial charge in [0.2, 0.25) is 5.91 Å². The zero-order valence-corrected chi connectivity index (χ0v) is 16.7. The number of alkyl halides is 3. The summed E-state index contributed by atoms with van der Waals surface area (Å²) < 4.78 is 43.5. The van der Waals surface area contributed by atoms with Gasteiger partial charge in [0.25, 0.3) is 0 Å². The summed E-state index contributed by atoms with van der Waals surface area (Å²) in [6, 6.07) is 7.81. The van der Waals surface area contributed by atoms with Crippen molar-refractivity contribution >= 4 is 22.5 Å². The second kappa shape index (κ2) is 8.56. The van der Waals surface area contributed by atoms with Crippen LogP contribution in [0, 0.1) is 5.92 Å². The SMILES string of the molecule is CON1CC(C(=O)Nc2c[nH]c3ccc(OCCc4ccc(C(F)(F)F)nc4)cc23)C1. The van der Waals surface area contributed by atoms with Crippen molar-refractivity contribution in [3.63, 3.8) is 0 Å². The Kier molecular flexibility index (Phi) is 5.84. The van der Waals surface area contributed by atoms with Gasteiger partial charge in [0.05, 0.1) is 25.3 Å². The molecule has 2 aromatic heterocycles. The van der Waals surface area contributed by atoms with E-state index in [0.717, 1.165) is 17.0 Å². The van der Waals surface area contributed by atoms with Gasteiger partial charge in [0, 0.05) is 42.8 Å². The van der Waals surface area contributed by atoms with Gasteiger partial charge < -0.3 is 19.9 Å². The average molecular weight is 434 g/mol. The minimum atomic E-state index is -4.45. The van der Waals surface area contributed by atoms with E-state index in [4.69, 9.17) is 9.57 Å². The van der Waals surface area contributed by atoms with Gasteiger partial charge in [-0.15, -0.1) is 0 Å². The highest BCUT2D eigenvalue weighted by atomic mass is 19.4. The highest BCUT2D eigenvalue weighted by molar-refractivity contribution is 6.03. The molecule has 2 N–H and O–H groups in total. The Hall–Kier alpha value is -3.11. The van der Waals surface area contributed by atoms with Crippen molar-refractivity contribution < 1.29 is 27.5 Å². The Morgan fingerprint density at radius 2 is 2.10 bits per heavy atom. The van der Waals surface area contributed by atoms with Crippen molar-refractivity contribution in [2.24, 2.45) is 5.92 Å². The zero-order valence-electron chi connectivity index (χ0n) is 16.7. The fourth-order valence-corrected chi connectivity index (χ4v) is 3.31. The molecule has 1 amide bonds. The van der Waals surface area contributed by atoms with E-state index in [1.54, 1.807) is 24.4 Å². The van der Waals surface area contributed by atoms with Crippen molar-refractivity contribution in [1.82, 2.24) is 15.0 Å². The number of halogens is 3. The summed E-state index contributed by atoms with van der Waals surface area (Å²) in [6.07, 6.45) is -1.10. The molecule has 31 heavy (non-hydrogen) atoms. The van der Waals surface area contributed by atoms with E-state index in [-0.39, 0.29) is 18.4 Å². The van der Waals surface area contributed by atoms with Gasteiger partial charge in [0.1, 0.15) is 11.4 Å². The van der Waals surface area contributed by atoms with E-state index in [9.17, 15) is 18.0 Å². The van der Waals surface area contributed by atoms with E-state index in [1.807, 2.05) is 12.1 Å². The summed E-state index contributed by atoms with van der Waals surface area (Å²) in [5, 5.41) is 5.45. The molecule has 0 atom stereocenters. The summed E-state index contributed by atoms with van der Waals surface area (Å²) in [5.74, 6) is 0.397. The van der Waals surface area contributed by atoms with Crippen LogP contribution < -0.4 is 10.1 Å². The Morgan fingerprint density at radius 1 is 1.29 bits per heavy atom. The number of H-pyrrole nitrogens is 1. The molecule has 1 saturated heterocycles. The summed E-state index contributed by atoms with van der Waals surface area (Å²) in [4.78, 5) is 24.0. The monoisotopic (exact) mass is 434 g/mol. The molecule has 0 aliphatic carbocycles. The number of carbonyl (C=O) groups is 1. The first-order chi connectivity index (χ1) is 14.8. The molecule has 0 saturated carbocycles. The normalized spacial score (nSPS) is 15.1. The minimum absolute atomic E-state index is 0.0738. The van der Waals surface area contributed by atoms with Crippen LogP contribution in [0.15, 0.2) is 42.7 Å². The number of aromatic nitrogens is 2. The summed E-state index contributed by atoms with van der Waals surface area (Å²) in [5.41, 5.74) is 1.24. The first kappa shape index (κ1) is 21.1. The Labute approximate surface area is 176 Å². The molecule has 0 unspecified atom stereocenters. The Balaban J connectivity index is 1.35. The predicted molar refractivity (Wildman–Crippen MR) is 107 cm³/mol. The fraction of sp³-hybridized carbons (Fsp3) is 0.333. The lowest BCUT2D eigenvalue weighted by Crippen LogP contribution is -2.51. The summed E-state index contributed by atoms with van der Waals surface area (Å²) >= 11 is 0. The van der Waals surface area contributed by atoms with Crippen LogP contribution in [0.5, 0.6) is 5.75 Å². The number of ether oxygens (including phenoxy) is 1. The number of fused-ring (bicyclic) bond motifs is 1. The van der Waals surface area contributed by atoms with E-state index in [2.05, 4.69) is 15.3 Å². The van der Waals surface area contributed by atoms with Crippen LogP contribution in [0.1, 0.15) is 11.3 Å². The van der Waals surface area contributed by atoms with Gasteiger partial charge in [0.15, 0.2) is 0 Å². The molecule has 1 fully saturated rings. The Bertz CT molecular complexity index is 1060. The van der Waals surface area contributed by atoms with Crippen LogP contribution in [0.3, 0.4) is 0 Å². The number of anilines is 1. The number of hydroxylamine groups is 2. The molecule has 0 radical (unpaired) electrons. The standard InChI is InChI=1S/C21H21F3N4O3/c1-30-28-11-14(12-28)20(29)27-18-10-25-17-4-3-15(8-16(17)18)31-7-6-13-2-5-19(26-9-13)21(22,23)24/h2-5,8-10,14,25H,6-7,11-12H2,1H3,(H,27,29). The predicted octanol–water partition coefficient (Wildman–Crippen LogP) is 3.63. The van der Waals surface area contributed by atoms with Crippen LogP contribution in [-0.4, -0.2) is 47.7 Å². The number of nitrogens with zero attached hydrogens (tertiary/aromatic N) is 2. The highest BCUT2D eigenvalue weighted by Crippen LogP contribution is 2.29. The summed E-state index contributed by atoms with van der Waals surface area (Å²) in [6.45, 7) is 1.38. The smallest absolute Gasteiger partial charge is 0.433 e. The molecule has 1 aromatic carbocycles. The van der Waals surface area contributed by atoms with Crippen molar-refractivity contribution in [2.75, 3.05) is 32.1 Å². The lowest BCUT2D eigenvalue weighted by Gasteiger charge is -2.35. The van der Waals surface area contributed by atoms with Gasteiger partial charge in [-0.2, -0.15) is 18.2 Å². The zero-order chi connectivity index (χ0) is 22.0. The summed E-state index contributed by atoms with van der Waals surface area (Å²) in [7, 11) is 1.57. The Morgan fingerprint density at radius 3 is 2.77 bits per heavy atom. The second-order valence-corrected chi connectivity index (χ2v) is 7.27. The lowest BCUT2D eigenvalue weighted by molar-refractivity contribution is -0.197. The number of carbonyl (C=O) groups excluding carboxylic acids is 1. The third-order valence-electron chi connectivity index (χ3n) is 5.16. The molecule has 10 heteroatoms. The van der Waals surface area contributed by atoms with Crippen molar-refractivity contribution in [2.45, 2.75) is 12.6 Å². The quantitative estimate of drug-likeness (QED) is 0.594. The third-order valence-corrected chi connectivity index (χ3v) is 5.16. The molecule has 1 aliphatic heterocycles. The molecular formula is C21H21F3N4O3. The van der Waals surface area contributed by atoms with E-state index in [0.29, 0.717) is 36.5 Å². The molecule has 164 valence electrons. The molecule has 0 spiro atoms. The van der Waals surface area contributed by atoms with Crippen LogP contribution in [0.25, 0.3) is 10.9 Å². The average Bonchev–Trinajstić information content (AvgIpc) is 3.09. The van der Waals surface area contributed by atoms with Gasteiger partial charge in [-0.1, -0.05) is 6.07 Å². The highest BCUT2D eigenvalue weighted by Gasteiger charge is 2.33. The number of pyridine rings is 1. The first-order valence-electron chi connectivity index (χ1n) is 9.69. The van der Waals surface area contributed by atoms with Gasteiger partial charge >= 0.3 is 6.18 Å². The molecule has 3 aromatic rings. The first-order valence-corrected chi connectivity index (χ1v) is 9.69. The van der Waals surface area contributed by atoms with Gasteiger partial charge in [-0.25, -0.2) is 0 Å². The number of nitrogens with one attached hydrogen (secondary N) is 2. The molecule has 1 aliphatic rings. The molecular weight excluding hydrogens is 413 g/mol. The van der Waals surface area contributed by atoms with Gasteiger partial charge in [-0.05, 0) is 29.8 Å². The molecule has 3 heterocycles. The van der Waals surface area contributed by atoms with Crippen LogP contribution in [0.2, 0.25) is 0 Å². The largest absolute Gasteiger partial charge is 0.493 e. The van der Waals surface area contributed by atoms with Crippen molar-refractivity contribution in [3.8, 4) is 5.75 Å². The van der Waals surface area contributed by atoms with Crippen molar-refractivity contribution in [1.29, 1.82) is 0 Å². The minimum Gasteiger partial charge on any atom is -0.493 e. The number of hydrogen-bond donors (Lipinski definition) is 2. The maximum atomic E-state index is 12.6. The maximum absolute atomic E-state index is 12.6. The number of hydrogen-bond acceptors (Lipinski definition) is 5. The van der Waals surface area contributed by atoms with Crippen LogP contribution in [-0.2, 0) is 22.2 Å². The van der Waals surface area contributed by atoms with E-state index in [1.165, 1.54) is 12.3 Å². The topological polar surface area (TPSA) is 79.5 Å². The maximum Gasteiger partial charge on any atom is 0.433 e. The lowest BCUT2D eigenvalue weighted by atomic mass is 10.0. The number of amides is 1. The van der Waals surface area contributed by atoms with Crippen molar-refractivity contribution in [3.05, 3.63) is 54.0 Å². The third kappa shape index (κ3) is 4.80. The van der Waals surface area contributed by atoms with E-state index >= 15 is 0 Å². The number of aromatic amines is 1. The fourth-order valence-electron chi connectivity index (χ4n) is 3.31.